The van der Waals surface area contributed by atoms with Gasteiger partial charge in [-0.3, -0.25) is 4.68 Å². The van der Waals surface area contributed by atoms with Crippen molar-refractivity contribution in [1.82, 2.24) is 24.7 Å². The summed E-state index contributed by atoms with van der Waals surface area (Å²) in [4.78, 5) is 14.8. The van der Waals surface area contributed by atoms with E-state index in [1.54, 1.807) is 36.4 Å². The molecule has 98 valence electrons. The fraction of sp³-hybridized carbons (Fsp3) is 0.273. The van der Waals surface area contributed by atoms with E-state index in [2.05, 4.69) is 25.4 Å². The van der Waals surface area contributed by atoms with E-state index in [0.29, 0.717) is 11.8 Å². The average molecular weight is 276 g/mol. The van der Waals surface area contributed by atoms with Crippen LogP contribution in [0.5, 0.6) is 11.9 Å². The van der Waals surface area contributed by atoms with Gasteiger partial charge in [0.05, 0.1) is 5.39 Å². The van der Waals surface area contributed by atoms with Crippen molar-refractivity contribution < 1.29 is 4.74 Å². The predicted octanol–water partition coefficient (Wildman–Crippen LogP) is 1.96. The third-order valence-electron chi connectivity index (χ3n) is 2.47. The van der Waals surface area contributed by atoms with Gasteiger partial charge in [-0.25, -0.2) is 4.98 Å². The molecule has 0 amide bonds. The summed E-state index contributed by atoms with van der Waals surface area (Å²) in [5.41, 5.74) is 0. The van der Waals surface area contributed by atoms with Crippen molar-refractivity contribution in [3.63, 3.8) is 0 Å². The number of nitrogens with zero attached hydrogens (tertiary/aromatic N) is 5. The van der Waals surface area contributed by atoms with E-state index >= 15 is 0 Å². The molecule has 8 heteroatoms. The van der Waals surface area contributed by atoms with Crippen molar-refractivity contribution in [2.75, 3.05) is 12.4 Å². The van der Waals surface area contributed by atoms with Crippen LogP contribution in [0.3, 0.4) is 0 Å². The number of nitrogens with one attached hydrogen (secondary N) is 1. The standard InChI is InChI=1S/C11H12N6OS/c1-6-4-7-8(18-11-13-5-17(3)16-11)14-10(12-2)15-9(7)19-6/h4-5H,1-3H3,(H,12,14,15). The Labute approximate surface area is 113 Å². The van der Waals surface area contributed by atoms with Crippen LogP contribution >= 0.6 is 11.3 Å². The maximum atomic E-state index is 5.64. The van der Waals surface area contributed by atoms with Gasteiger partial charge in [-0.05, 0) is 13.0 Å². The minimum atomic E-state index is 0.272. The summed E-state index contributed by atoms with van der Waals surface area (Å²) in [6.07, 6.45) is 1.57. The Morgan fingerprint density at radius 3 is 2.89 bits per heavy atom. The van der Waals surface area contributed by atoms with E-state index in [-0.39, 0.29) is 6.01 Å². The van der Waals surface area contributed by atoms with Crippen LogP contribution in [0.2, 0.25) is 0 Å². The zero-order valence-electron chi connectivity index (χ0n) is 10.7. The second-order valence-corrected chi connectivity index (χ2v) is 5.22. The molecular weight excluding hydrogens is 264 g/mol. The molecule has 0 spiro atoms. The van der Waals surface area contributed by atoms with Gasteiger partial charge in [0.2, 0.25) is 11.8 Å². The smallest absolute Gasteiger partial charge is 0.342 e. The lowest BCUT2D eigenvalue weighted by molar-refractivity contribution is 0.428. The highest BCUT2D eigenvalue weighted by Crippen LogP contribution is 2.32. The Hall–Kier alpha value is -2.22. The van der Waals surface area contributed by atoms with Crippen molar-refractivity contribution in [2.45, 2.75) is 6.92 Å². The van der Waals surface area contributed by atoms with E-state index < -0.39 is 0 Å². The summed E-state index contributed by atoms with van der Waals surface area (Å²) in [6.45, 7) is 2.02. The summed E-state index contributed by atoms with van der Waals surface area (Å²) >= 11 is 1.59. The average Bonchev–Trinajstić information content (AvgIpc) is 2.94. The Morgan fingerprint density at radius 1 is 1.37 bits per heavy atom. The molecule has 0 aliphatic heterocycles. The minimum Gasteiger partial charge on any atom is -0.403 e. The van der Waals surface area contributed by atoms with Crippen LogP contribution in [0.25, 0.3) is 10.2 Å². The monoisotopic (exact) mass is 276 g/mol. The van der Waals surface area contributed by atoms with Crippen LogP contribution in [0.15, 0.2) is 12.4 Å². The molecule has 0 aromatic carbocycles. The summed E-state index contributed by atoms with van der Waals surface area (Å²) in [5.74, 6) is 0.977. The summed E-state index contributed by atoms with van der Waals surface area (Å²) in [7, 11) is 3.55. The maximum absolute atomic E-state index is 5.64. The van der Waals surface area contributed by atoms with Gasteiger partial charge in [0, 0.05) is 19.0 Å². The fourth-order valence-corrected chi connectivity index (χ4v) is 2.53. The molecule has 3 aromatic rings. The molecule has 0 saturated heterocycles. The van der Waals surface area contributed by atoms with Crippen molar-refractivity contribution in [3.8, 4) is 11.9 Å². The number of hydrogen-bond acceptors (Lipinski definition) is 7. The van der Waals surface area contributed by atoms with Crippen LogP contribution in [-0.4, -0.2) is 31.8 Å². The molecule has 0 fully saturated rings. The number of aromatic nitrogens is 5. The molecular formula is C11H12N6OS. The van der Waals surface area contributed by atoms with Crippen LogP contribution in [0, 0.1) is 6.92 Å². The Kier molecular flexibility index (Phi) is 2.79. The molecule has 7 nitrogen and oxygen atoms in total. The van der Waals surface area contributed by atoms with Gasteiger partial charge in [0.25, 0.3) is 0 Å². The van der Waals surface area contributed by atoms with Gasteiger partial charge < -0.3 is 10.1 Å². The SMILES string of the molecule is CNc1nc(Oc2ncn(C)n2)c2cc(C)sc2n1. The zero-order valence-corrected chi connectivity index (χ0v) is 11.5. The van der Waals surface area contributed by atoms with Crippen LogP contribution in [0.4, 0.5) is 5.95 Å². The Morgan fingerprint density at radius 2 is 2.21 bits per heavy atom. The van der Waals surface area contributed by atoms with E-state index in [4.69, 9.17) is 4.74 Å². The van der Waals surface area contributed by atoms with Gasteiger partial charge in [-0.2, -0.15) is 9.97 Å². The van der Waals surface area contributed by atoms with E-state index in [1.807, 2.05) is 13.0 Å². The second-order valence-electron chi connectivity index (χ2n) is 3.98. The largest absolute Gasteiger partial charge is 0.403 e. The van der Waals surface area contributed by atoms with Crippen molar-refractivity contribution in [1.29, 1.82) is 0 Å². The molecule has 0 unspecified atom stereocenters. The van der Waals surface area contributed by atoms with Gasteiger partial charge >= 0.3 is 6.01 Å². The fourth-order valence-electron chi connectivity index (χ4n) is 1.66. The topological polar surface area (TPSA) is 77.8 Å². The second kappa shape index (κ2) is 4.47. The van der Waals surface area contributed by atoms with Crippen LogP contribution < -0.4 is 10.1 Å². The first kappa shape index (κ1) is 11.8. The quantitative estimate of drug-likeness (QED) is 0.788. The molecule has 0 saturated carbocycles. The lowest BCUT2D eigenvalue weighted by atomic mass is 10.3. The molecule has 0 bridgehead atoms. The first-order chi connectivity index (χ1) is 9.15. The highest BCUT2D eigenvalue weighted by Gasteiger charge is 2.13. The zero-order chi connectivity index (χ0) is 13.4. The first-order valence-electron chi connectivity index (χ1n) is 5.65. The molecule has 0 aliphatic carbocycles. The number of rotatable bonds is 3. The molecule has 0 radical (unpaired) electrons. The normalized spacial score (nSPS) is 10.9. The van der Waals surface area contributed by atoms with E-state index in [1.165, 1.54) is 0 Å². The summed E-state index contributed by atoms with van der Waals surface area (Å²) in [5, 5.41) is 7.87. The third-order valence-corrected chi connectivity index (χ3v) is 3.42. The van der Waals surface area contributed by atoms with Crippen LogP contribution in [-0.2, 0) is 7.05 Å². The number of hydrogen-bond donors (Lipinski definition) is 1. The highest BCUT2D eigenvalue weighted by molar-refractivity contribution is 7.18. The van der Waals surface area contributed by atoms with Gasteiger partial charge in [-0.15, -0.1) is 16.4 Å². The van der Waals surface area contributed by atoms with Gasteiger partial charge in [0.1, 0.15) is 11.2 Å². The molecule has 0 atom stereocenters. The van der Waals surface area contributed by atoms with Gasteiger partial charge in [0.15, 0.2) is 0 Å². The number of anilines is 1. The number of thiophene rings is 1. The van der Waals surface area contributed by atoms with Gasteiger partial charge in [-0.1, -0.05) is 0 Å². The number of aryl methyl sites for hydroxylation is 2. The molecule has 3 aromatic heterocycles. The molecule has 0 aliphatic rings. The predicted molar refractivity (Wildman–Crippen MR) is 72.8 cm³/mol. The first-order valence-corrected chi connectivity index (χ1v) is 6.47. The molecule has 19 heavy (non-hydrogen) atoms. The van der Waals surface area contributed by atoms with Crippen LogP contribution in [0.1, 0.15) is 4.88 Å². The minimum absolute atomic E-state index is 0.272. The van der Waals surface area contributed by atoms with Crippen molar-refractivity contribution in [2.24, 2.45) is 7.05 Å². The van der Waals surface area contributed by atoms with E-state index in [0.717, 1.165) is 15.1 Å². The Bertz CT molecular complexity index is 734. The lowest BCUT2D eigenvalue weighted by Gasteiger charge is -2.04. The Balaban J connectivity index is 2.09. The number of fused-ring (bicyclic) bond motifs is 1. The summed E-state index contributed by atoms with van der Waals surface area (Å²) in [6, 6.07) is 2.27. The highest BCUT2D eigenvalue weighted by atomic mass is 32.1. The lowest BCUT2D eigenvalue weighted by Crippen LogP contribution is -1.99. The third kappa shape index (κ3) is 2.22. The van der Waals surface area contributed by atoms with Crippen molar-refractivity contribution in [3.05, 3.63) is 17.3 Å². The molecule has 3 heterocycles. The van der Waals surface area contributed by atoms with E-state index in [9.17, 15) is 0 Å². The molecule has 3 rings (SSSR count). The maximum Gasteiger partial charge on any atom is 0.342 e. The van der Waals surface area contributed by atoms with Crippen molar-refractivity contribution >= 4 is 27.5 Å². The summed E-state index contributed by atoms with van der Waals surface area (Å²) < 4.78 is 7.22. The number of ether oxygens (including phenoxy) is 1. The molecule has 1 N–H and O–H groups in total.